The number of hydrogen-bond acceptors (Lipinski definition) is 4. The van der Waals surface area contributed by atoms with Gasteiger partial charge in [-0.2, -0.15) is 0 Å². The van der Waals surface area contributed by atoms with Crippen molar-refractivity contribution in [1.82, 2.24) is 10.3 Å². The van der Waals surface area contributed by atoms with Crippen LogP contribution in [0.1, 0.15) is 20.3 Å². The Morgan fingerprint density at radius 2 is 1.65 bits per heavy atom. The van der Waals surface area contributed by atoms with E-state index in [4.69, 9.17) is 16.6 Å². The number of oxazole rings is 1. The van der Waals surface area contributed by atoms with E-state index in [1.54, 1.807) is 0 Å². The molecule has 1 aromatic heterocycles. The number of thiocarbonyl (C=S) groups is 1. The number of benzene rings is 3. The van der Waals surface area contributed by atoms with Crippen molar-refractivity contribution >= 4 is 40.0 Å². The molecule has 1 heterocycles. The molecule has 0 atom stereocenters. The van der Waals surface area contributed by atoms with Gasteiger partial charge in [0.15, 0.2) is 10.7 Å². The molecule has 0 radical (unpaired) electrons. The van der Waals surface area contributed by atoms with Gasteiger partial charge in [0, 0.05) is 17.7 Å². The molecule has 0 fully saturated rings. The van der Waals surface area contributed by atoms with Gasteiger partial charge >= 0.3 is 0 Å². The number of carbonyl (C=O) groups excluding carboxylic acids is 1. The number of hydrogen-bond donors (Lipinski definition) is 2. The molecule has 0 spiro atoms. The molecular formula is C25H23N3O2S. The summed E-state index contributed by atoms with van der Waals surface area (Å²) in [5, 5.41) is 5.99. The zero-order valence-corrected chi connectivity index (χ0v) is 18.2. The van der Waals surface area contributed by atoms with Crippen molar-refractivity contribution in [3.05, 3.63) is 72.8 Å². The highest BCUT2D eigenvalue weighted by Crippen LogP contribution is 2.28. The Kier molecular flexibility index (Phi) is 6.09. The van der Waals surface area contributed by atoms with Crippen LogP contribution < -0.4 is 10.6 Å². The summed E-state index contributed by atoms with van der Waals surface area (Å²) < 4.78 is 5.93. The van der Waals surface area contributed by atoms with E-state index in [-0.39, 0.29) is 16.9 Å². The third-order valence-corrected chi connectivity index (χ3v) is 4.94. The highest BCUT2D eigenvalue weighted by molar-refractivity contribution is 7.80. The first-order valence-corrected chi connectivity index (χ1v) is 10.6. The lowest BCUT2D eigenvalue weighted by atomic mass is 10.0. The number of fused-ring (bicyclic) bond motifs is 1. The molecule has 3 aromatic carbocycles. The second kappa shape index (κ2) is 9.10. The van der Waals surface area contributed by atoms with Gasteiger partial charge in [0.05, 0.1) is 0 Å². The Morgan fingerprint density at radius 3 is 2.35 bits per heavy atom. The van der Waals surface area contributed by atoms with Crippen LogP contribution in [0.2, 0.25) is 0 Å². The summed E-state index contributed by atoms with van der Waals surface area (Å²) in [6, 6.07) is 23.9. The van der Waals surface area contributed by atoms with Crippen LogP contribution in [0.4, 0.5) is 5.69 Å². The van der Waals surface area contributed by atoms with Gasteiger partial charge in [-0.1, -0.05) is 56.3 Å². The summed E-state index contributed by atoms with van der Waals surface area (Å²) in [5.41, 5.74) is 5.34. The van der Waals surface area contributed by atoms with E-state index in [2.05, 4.69) is 39.9 Å². The van der Waals surface area contributed by atoms with Crippen molar-refractivity contribution in [3.63, 3.8) is 0 Å². The van der Waals surface area contributed by atoms with E-state index in [0.29, 0.717) is 23.4 Å². The Labute approximate surface area is 186 Å². The largest absolute Gasteiger partial charge is 0.436 e. The standard InChI is InChI=1S/C25H23N3O2S/c1-16(2)14-23(29)28-25(31)26-20-12-13-22-21(15-20)27-24(30-22)19-10-8-18(9-11-19)17-6-4-3-5-7-17/h3-13,15-16H,14H2,1-2H3,(H2,26,28,29,31). The molecule has 4 rings (SSSR count). The molecule has 0 bridgehead atoms. The molecule has 5 nitrogen and oxygen atoms in total. The van der Waals surface area contributed by atoms with Gasteiger partial charge in [-0.05, 0) is 59.6 Å². The predicted octanol–water partition coefficient (Wildman–Crippen LogP) is 6.02. The van der Waals surface area contributed by atoms with E-state index in [0.717, 1.165) is 16.8 Å². The summed E-state index contributed by atoms with van der Waals surface area (Å²) >= 11 is 5.24. The molecule has 0 aliphatic carbocycles. The number of carbonyl (C=O) groups is 1. The van der Waals surface area contributed by atoms with E-state index in [1.807, 2.05) is 62.4 Å². The van der Waals surface area contributed by atoms with E-state index < -0.39 is 0 Å². The molecule has 2 N–H and O–H groups in total. The van der Waals surface area contributed by atoms with Gasteiger partial charge < -0.3 is 15.1 Å². The maximum absolute atomic E-state index is 11.9. The third kappa shape index (κ3) is 5.16. The molecule has 31 heavy (non-hydrogen) atoms. The van der Waals surface area contributed by atoms with Gasteiger partial charge in [0.1, 0.15) is 5.52 Å². The van der Waals surface area contributed by atoms with Gasteiger partial charge in [-0.15, -0.1) is 0 Å². The zero-order valence-electron chi connectivity index (χ0n) is 17.4. The zero-order chi connectivity index (χ0) is 21.8. The number of amides is 1. The van der Waals surface area contributed by atoms with Gasteiger partial charge in [-0.3, -0.25) is 4.79 Å². The molecule has 6 heteroatoms. The van der Waals surface area contributed by atoms with Crippen molar-refractivity contribution in [2.75, 3.05) is 5.32 Å². The fourth-order valence-electron chi connectivity index (χ4n) is 3.28. The Balaban J connectivity index is 1.49. The van der Waals surface area contributed by atoms with E-state index in [1.165, 1.54) is 5.56 Å². The minimum absolute atomic E-state index is 0.101. The fourth-order valence-corrected chi connectivity index (χ4v) is 3.51. The van der Waals surface area contributed by atoms with Crippen LogP contribution in [0.25, 0.3) is 33.7 Å². The lowest BCUT2D eigenvalue weighted by molar-refractivity contribution is -0.120. The first kappa shape index (κ1) is 20.8. The monoisotopic (exact) mass is 429 g/mol. The summed E-state index contributed by atoms with van der Waals surface area (Å²) in [7, 11) is 0. The van der Waals surface area contributed by atoms with Gasteiger partial charge in [-0.25, -0.2) is 4.98 Å². The molecule has 1 amide bonds. The Hall–Kier alpha value is -3.51. The van der Waals surface area contributed by atoms with Crippen LogP contribution in [0.5, 0.6) is 0 Å². The topological polar surface area (TPSA) is 67.2 Å². The molecule has 0 aliphatic rings. The smallest absolute Gasteiger partial charge is 0.227 e. The second-order valence-corrected chi connectivity index (χ2v) is 8.15. The summed E-state index contributed by atoms with van der Waals surface area (Å²) in [5.74, 6) is 0.727. The summed E-state index contributed by atoms with van der Waals surface area (Å²) in [6.45, 7) is 3.97. The molecule has 0 saturated heterocycles. The van der Waals surface area contributed by atoms with Gasteiger partial charge in [0.2, 0.25) is 11.8 Å². The highest BCUT2D eigenvalue weighted by atomic mass is 32.1. The highest BCUT2D eigenvalue weighted by Gasteiger charge is 2.11. The normalized spacial score (nSPS) is 10.9. The average molecular weight is 430 g/mol. The van der Waals surface area contributed by atoms with Crippen LogP contribution in [-0.4, -0.2) is 16.0 Å². The fraction of sp³-hybridized carbons (Fsp3) is 0.160. The van der Waals surface area contributed by atoms with Crippen molar-refractivity contribution in [2.24, 2.45) is 5.92 Å². The lowest BCUT2D eigenvalue weighted by Crippen LogP contribution is -2.34. The maximum atomic E-state index is 11.9. The maximum Gasteiger partial charge on any atom is 0.227 e. The SMILES string of the molecule is CC(C)CC(=O)NC(=S)Nc1ccc2oc(-c3ccc(-c4ccccc4)cc3)nc2c1. The average Bonchev–Trinajstić information content (AvgIpc) is 3.17. The van der Waals surface area contributed by atoms with Crippen LogP contribution in [0.3, 0.4) is 0 Å². The predicted molar refractivity (Wildman–Crippen MR) is 129 cm³/mol. The molecular weight excluding hydrogens is 406 g/mol. The first-order chi connectivity index (χ1) is 15.0. The number of rotatable bonds is 5. The molecule has 4 aromatic rings. The first-order valence-electron chi connectivity index (χ1n) is 10.2. The van der Waals surface area contributed by atoms with Crippen molar-refractivity contribution in [3.8, 4) is 22.6 Å². The van der Waals surface area contributed by atoms with Crippen molar-refractivity contribution in [1.29, 1.82) is 0 Å². The van der Waals surface area contributed by atoms with Crippen molar-refractivity contribution in [2.45, 2.75) is 20.3 Å². The molecule has 156 valence electrons. The molecule has 0 unspecified atom stereocenters. The lowest BCUT2D eigenvalue weighted by Gasteiger charge is -2.10. The van der Waals surface area contributed by atoms with Gasteiger partial charge in [0.25, 0.3) is 0 Å². The van der Waals surface area contributed by atoms with E-state index >= 15 is 0 Å². The number of anilines is 1. The summed E-state index contributed by atoms with van der Waals surface area (Å²) in [4.78, 5) is 16.5. The minimum atomic E-state index is -0.101. The number of nitrogens with zero attached hydrogens (tertiary/aromatic N) is 1. The van der Waals surface area contributed by atoms with Crippen molar-refractivity contribution < 1.29 is 9.21 Å². The quantitative estimate of drug-likeness (QED) is 0.380. The molecule has 0 aliphatic heterocycles. The Morgan fingerprint density at radius 1 is 0.968 bits per heavy atom. The minimum Gasteiger partial charge on any atom is -0.436 e. The number of aromatic nitrogens is 1. The van der Waals surface area contributed by atoms with Crippen LogP contribution in [0.15, 0.2) is 77.2 Å². The third-order valence-electron chi connectivity index (χ3n) is 4.73. The van der Waals surface area contributed by atoms with Crippen LogP contribution in [0, 0.1) is 5.92 Å². The summed E-state index contributed by atoms with van der Waals surface area (Å²) in [6.07, 6.45) is 0.427. The number of nitrogens with one attached hydrogen (secondary N) is 2. The van der Waals surface area contributed by atoms with Crippen LogP contribution in [-0.2, 0) is 4.79 Å². The second-order valence-electron chi connectivity index (χ2n) is 7.75. The Bertz CT molecular complexity index is 1210. The molecule has 0 saturated carbocycles. The van der Waals surface area contributed by atoms with Crippen LogP contribution >= 0.6 is 12.2 Å². The van der Waals surface area contributed by atoms with E-state index in [9.17, 15) is 4.79 Å².